The van der Waals surface area contributed by atoms with Crippen LogP contribution < -0.4 is 0 Å². The predicted molar refractivity (Wildman–Crippen MR) is 80.0 cm³/mol. The first-order chi connectivity index (χ1) is 8.50. The molecule has 0 aromatic heterocycles. The van der Waals surface area contributed by atoms with Crippen molar-refractivity contribution < 1.29 is 0 Å². The molecule has 0 bridgehead atoms. The summed E-state index contributed by atoms with van der Waals surface area (Å²) in [5.74, 6) is 0.901. The zero-order valence-corrected chi connectivity index (χ0v) is 12.5. The lowest BCUT2D eigenvalue weighted by Gasteiger charge is -2.16. The van der Waals surface area contributed by atoms with E-state index in [1.165, 1.54) is 0 Å². The Morgan fingerprint density at radius 1 is 0.833 bits per heavy atom. The van der Waals surface area contributed by atoms with Gasteiger partial charge >= 0.3 is 0 Å². The van der Waals surface area contributed by atoms with E-state index in [0.29, 0.717) is 20.1 Å². The third-order valence-electron chi connectivity index (χ3n) is 2.67. The highest BCUT2D eigenvalue weighted by molar-refractivity contribution is 6.37. The summed E-state index contributed by atoms with van der Waals surface area (Å²) in [4.78, 5) is 0. The number of rotatable bonds is 2. The van der Waals surface area contributed by atoms with Gasteiger partial charge in [0.1, 0.15) is 0 Å². The minimum atomic E-state index is 0.594. The van der Waals surface area contributed by atoms with E-state index < -0.39 is 0 Å². The third kappa shape index (κ3) is 2.78. The van der Waals surface area contributed by atoms with Gasteiger partial charge < -0.3 is 0 Å². The summed E-state index contributed by atoms with van der Waals surface area (Å²) < 4.78 is 0. The van der Waals surface area contributed by atoms with Crippen molar-refractivity contribution in [3.63, 3.8) is 0 Å². The second kappa shape index (κ2) is 5.71. The van der Waals surface area contributed by atoms with Crippen molar-refractivity contribution in [3.05, 3.63) is 73.5 Å². The summed E-state index contributed by atoms with van der Waals surface area (Å²) in [6.45, 7) is 1.92. The zero-order valence-electron chi connectivity index (χ0n) is 9.48. The fourth-order valence-corrected chi connectivity index (χ4v) is 2.89. The molecule has 0 aliphatic rings. The average Bonchev–Trinajstić information content (AvgIpc) is 2.32. The summed E-state index contributed by atoms with van der Waals surface area (Å²) in [6.07, 6.45) is 0. The van der Waals surface area contributed by atoms with E-state index in [1.54, 1.807) is 36.4 Å². The predicted octanol–water partition coefficient (Wildman–Crippen LogP) is 6.29. The van der Waals surface area contributed by atoms with Crippen LogP contribution in [0.3, 0.4) is 0 Å². The van der Waals surface area contributed by atoms with Crippen molar-refractivity contribution in [2.45, 2.75) is 6.92 Å². The van der Waals surface area contributed by atoms with Crippen molar-refractivity contribution in [1.82, 2.24) is 0 Å². The molecule has 0 saturated heterocycles. The van der Waals surface area contributed by atoms with Crippen LogP contribution in [0.4, 0.5) is 0 Å². The second-order valence-corrected chi connectivity index (χ2v) is 5.50. The van der Waals surface area contributed by atoms with Gasteiger partial charge in [-0.3, -0.25) is 0 Å². The fraction of sp³-hybridized carbons (Fsp3) is 0.0714. The van der Waals surface area contributed by atoms with Crippen LogP contribution in [0.2, 0.25) is 20.1 Å². The Morgan fingerprint density at radius 2 is 1.44 bits per heavy atom. The van der Waals surface area contributed by atoms with Gasteiger partial charge in [-0.2, -0.15) is 0 Å². The maximum Gasteiger partial charge on any atom is 0.0462 e. The Balaban J connectivity index is 2.54. The SMILES string of the molecule is C[C](c1cc(Cl)ccc1Cl)c1c(Cl)cccc1Cl. The van der Waals surface area contributed by atoms with Crippen LogP contribution in [0.5, 0.6) is 0 Å². The van der Waals surface area contributed by atoms with Crippen LogP contribution in [-0.2, 0) is 0 Å². The molecule has 18 heavy (non-hydrogen) atoms. The van der Waals surface area contributed by atoms with E-state index in [2.05, 4.69) is 0 Å². The summed E-state index contributed by atoms with van der Waals surface area (Å²) >= 11 is 24.5. The van der Waals surface area contributed by atoms with E-state index in [0.717, 1.165) is 17.0 Å². The molecule has 0 unspecified atom stereocenters. The monoisotopic (exact) mass is 317 g/mol. The molecule has 0 amide bonds. The van der Waals surface area contributed by atoms with Gasteiger partial charge in [-0.05, 0) is 35.9 Å². The molecule has 2 aromatic rings. The van der Waals surface area contributed by atoms with Gasteiger partial charge in [0.05, 0.1) is 0 Å². The molecule has 0 atom stereocenters. The highest BCUT2D eigenvalue weighted by Crippen LogP contribution is 2.37. The van der Waals surface area contributed by atoms with Crippen LogP contribution in [-0.4, -0.2) is 0 Å². The molecule has 93 valence electrons. The summed E-state index contributed by atoms with van der Waals surface area (Å²) in [5, 5.41) is 2.43. The summed E-state index contributed by atoms with van der Waals surface area (Å²) in [5.41, 5.74) is 1.61. The molecule has 1 radical (unpaired) electrons. The third-order valence-corrected chi connectivity index (χ3v) is 3.86. The van der Waals surface area contributed by atoms with E-state index in [4.69, 9.17) is 46.4 Å². The first kappa shape index (κ1) is 14.0. The smallest absolute Gasteiger partial charge is 0.0462 e. The van der Waals surface area contributed by atoms with Crippen LogP contribution in [0.25, 0.3) is 0 Å². The standard InChI is InChI=1S/C14H9Cl4/c1-8(10-7-9(15)5-6-11(10)16)14-12(17)3-2-4-13(14)18/h2-7H,1H3. The Labute approximate surface area is 126 Å². The van der Waals surface area contributed by atoms with Crippen molar-refractivity contribution in [2.24, 2.45) is 0 Å². The molecule has 2 rings (SSSR count). The van der Waals surface area contributed by atoms with Crippen LogP contribution in [0.15, 0.2) is 36.4 Å². The summed E-state index contributed by atoms with van der Waals surface area (Å²) in [7, 11) is 0. The Morgan fingerprint density at radius 3 is 2.06 bits per heavy atom. The number of halogens is 4. The summed E-state index contributed by atoms with van der Waals surface area (Å²) in [6, 6.07) is 10.7. The first-order valence-corrected chi connectivity index (χ1v) is 6.75. The fourth-order valence-electron chi connectivity index (χ4n) is 1.78. The van der Waals surface area contributed by atoms with Gasteiger partial charge in [0.2, 0.25) is 0 Å². The van der Waals surface area contributed by atoms with Gasteiger partial charge in [0, 0.05) is 31.6 Å². The number of benzene rings is 2. The van der Waals surface area contributed by atoms with Gasteiger partial charge in [-0.15, -0.1) is 0 Å². The lowest BCUT2D eigenvalue weighted by molar-refractivity contribution is 1.19. The van der Waals surface area contributed by atoms with Crippen LogP contribution >= 0.6 is 46.4 Å². The van der Waals surface area contributed by atoms with Gasteiger partial charge in [-0.1, -0.05) is 59.4 Å². The minimum Gasteiger partial charge on any atom is -0.0843 e. The Bertz CT molecular complexity index is 558. The molecule has 0 nitrogen and oxygen atoms in total. The first-order valence-electron chi connectivity index (χ1n) is 5.24. The van der Waals surface area contributed by atoms with Crippen molar-refractivity contribution >= 4 is 46.4 Å². The molecule has 0 aliphatic heterocycles. The zero-order chi connectivity index (χ0) is 13.3. The molecular formula is C14H9Cl4. The molecule has 0 N–H and O–H groups in total. The average molecular weight is 319 g/mol. The normalized spacial score (nSPS) is 11.0. The second-order valence-electron chi connectivity index (χ2n) is 3.85. The van der Waals surface area contributed by atoms with E-state index in [-0.39, 0.29) is 0 Å². The van der Waals surface area contributed by atoms with E-state index >= 15 is 0 Å². The highest BCUT2D eigenvalue weighted by atomic mass is 35.5. The topological polar surface area (TPSA) is 0 Å². The highest BCUT2D eigenvalue weighted by Gasteiger charge is 2.18. The quantitative estimate of drug-likeness (QED) is 0.610. The number of hydrogen-bond acceptors (Lipinski definition) is 0. The Kier molecular flexibility index (Phi) is 4.45. The molecule has 2 aromatic carbocycles. The molecule has 0 heterocycles. The Hall–Kier alpha value is -0.400. The minimum absolute atomic E-state index is 0.594. The van der Waals surface area contributed by atoms with Gasteiger partial charge in [-0.25, -0.2) is 0 Å². The lowest BCUT2D eigenvalue weighted by atomic mass is 9.93. The van der Waals surface area contributed by atoms with Gasteiger partial charge in [0.15, 0.2) is 0 Å². The molecule has 0 spiro atoms. The van der Waals surface area contributed by atoms with Crippen LogP contribution in [0, 0.1) is 5.92 Å². The molecular weight excluding hydrogens is 310 g/mol. The maximum atomic E-state index is 6.19. The number of hydrogen-bond donors (Lipinski definition) is 0. The van der Waals surface area contributed by atoms with Crippen LogP contribution in [0.1, 0.15) is 18.1 Å². The van der Waals surface area contributed by atoms with Crippen molar-refractivity contribution in [3.8, 4) is 0 Å². The molecule has 0 fully saturated rings. The van der Waals surface area contributed by atoms with Crippen molar-refractivity contribution in [1.29, 1.82) is 0 Å². The largest absolute Gasteiger partial charge is 0.0843 e. The molecule has 0 aliphatic carbocycles. The molecule has 0 saturated carbocycles. The maximum absolute atomic E-state index is 6.19. The van der Waals surface area contributed by atoms with E-state index in [9.17, 15) is 0 Å². The van der Waals surface area contributed by atoms with Gasteiger partial charge in [0.25, 0.3) is 0 Å². The van der Waals surface area contributed by atoms with E-state index in [1.807, 2.05) is 6.92 Å². The van der Waals surface area contributed by atoms with Crippen molar-refractivity contribution in [2.75, 3.05) is 0 Å². The lowest BCUT2D eigenvalue weighted by Crippen LogP contribution is -2.00. The molecule has 4 heteroatoms.